The Morgan fingerprint density at radius 3 is 2.56 bits per heavy atom. The van der Waals surface area contributed by atoms with Crippen LogP contribution in [0.25, 0.3) is 0 Å². The van der Waals surface area contributed by atoms with Crippen LogP contribution >= 0.6 is 0 Å². The zero-order valence-electron chi connectivity index (χ0n) is 9.15. The van der Waals surface area contributed by atoms with E-state index in [-0.39, 0.29) is 18.6 Å². The molecule has 0 saturated carbocycles. The monoisotopic (exact) mass is 247 g/mol. The van der Waals surface area contributed by atoms with Gasteiger partial charge in [-0.3, -0.25) is 4.79 Å². The molecule has 5 nitrogen and oxygen atoms in total. The van der Waals surface area contributed by atoms with E-state index in [0.29, 0.717) is 24.0 Å². The number of rotatable bonds is 2. The van der Waals surface area contributed by atoms with E-state index in [2.05, 4.69) is 5.32 Å². The first-order valence-corrected chi connectivity index (χ1v) is 7.46. The first-order chi connectivity index (χ1) is 7.55. The Morgan fingerprint density at radius 2 is 2.00 bits per heavy atom. The van der Waals surface area contributed by atoms with E-state index in [1.807, 2.05) is 0 Å². The van der Waals surface area contributed by atoms with Gasteiger partial charge in [-0.15, -0.1) is 0 Å². The van der Waals surface area contributed by atoms with Crippen LogP contribution in [-0.2, 0) is 19.4 Å². The molecule has 0 bridgehead atoms. The normalized spacial score (nSPS) is 31.0. The van der Waals surface area contributed by atoms with Crippen LogP contribution in [-0.4, -0.2) is 45.1 Å². The Labute approximate surface area is 95.5 Å². The van der Waals surface area contributed by atoms with E-state index in [9.17, 15) is 13.2 Å². The first-order valence-electron chi connectivity index (χ1n) is 5.64. The third-order valence-electron chi connectivity index (χ3n) is 3.25. The summed E-state index contributed by atoms with van der Waals surface area (Å²) in [5.74, 6) is 0.957. The van der Waals surface area contributed by atoms with Gasteiger partial charge in [-0.05, 0) is 25.2 Å². The number of sulfone groups is 1. The minimum atomic E-state index is -2.78. The van der Waals surface area contributed by atoms with Crippen LogP contribution in [0.3, 0.4) is 0 Å². The van der Waals surface area contributed by atoms with Gasteiger partial charge in [-0.1, -0.05) is 0 Å². The van der Waals surface area contributed by atoms with Crippen molar-refractivity contribution in [1.82, 2.24) is 5.32 Å². The highest BCUT2D eigenvalue weighted by atomic mass is 32.2. The Bertz CT molecular complexity index is 341. The standard InChI is InChI=1S/C10H17NO4S/c12-10-7-15-9(6-11-10)5-8-1-3-16(13,14)4-2-8/h8-9H,1-7H2,(H,11,12). The lowest BCUT2D eigenvalue weighted by molar-refractivity contribution is -0.133. The van der Waals surface area contributed by atoms with Crippen LogP contribution in [0, 0.1) is 5.92 Å². The molecule has 2 aliphatic heterocycles. The molecule has 2 fully saturated rings. The van der Waals surface area contributed by atoms with Gasteiger partial charge in [0.25, 0.3) is 0 Å². The molecule has 0 aromatic heterocycles. The summed E-state index contributed by atoms with van der Waals surface area (Å²) in [5.41, 5.74) is 0. The zero-order chi connectivity index (χ0) is 11.6. The van der Waals surface area contributed by atoms with Crippen molar-refractivity contribution in [2.45, 2.75) is 25.4 Å². The largest absolute Gasteiger partial charge is 0.367 e. The Hall–Kier alpha value is -0.620. The average molecular weight is 247 g/mol. The number of hydrogen-bond acceptors (Lipinski definition) is 4. The highest BCUT2D eigenvalue weighted by Crippen LogP contribution is 2.24. The van der Waals surface area contributed by atoms with Crippen molar-refractivity contribution in [2.75, 3.05) is 24.7 Å². The summed E-state index contributed by atoms with van der Waals surface area (Å²) < 4.78 is 27.9. The van der Waals surface area contributed by atoms with Gasteiger partial charge in [0.05, 0.1) is 17.6 Å². The molecule has 0 aromatic rings. The molecule has 1 unspecified atom stereocenters. The fourth-order valence-electron chi connectivity index (χ4n) is 2.23. The molecule has 6 heteroatoms. The van der Waals surface area contributed by atoms with Gasteiger partial charge in [0, 0.05) is 6.54 Å². The molecule has 2 aliphatic rings. The van der Waals surface area contributed by atoms with Gasteiger partial charge >= 0.3 is 0 Å². The molecule has 92 valence electrons. The number of ether oxygens (including phenoxy) is 1. The lowest BCUT2D eigenvalue weighted by Crippen LogP contribution is -2.44. The van der Waals surface area contributed by atoms with Gasteiger partial charge in [-0.2, -0.15) is 0 Å². The third kappa shape index (κ3) is 3.18. The number of morpholine rings is 1. The maximum absolute atomic E-state index is 11.2. The molecule has 0 spiro atoms. The summed E-state index contributed by atoms with van der Waals surface area (Å²) in [7, 11) is -2.78. The van der Waals surface area contributed by atoms with E-state index in [1.54, 1.807) is 0 Å². The summed E-state index contributed by atoms with van der Waals surface area (Å²) in [6.45, 7) is 0.692. The summed E-state index contributed by atoms with van der Waals surface area (Å²) in [6.07, 6.45) is 2.38. The lowest BCUT2D eigenvalue weighted by Gasteiger charge is -2.29. The zero-order valence-corrected chi connectivity index (χ0v) is 9.96. The summed E-state index contributed by atoms with van der Waals surface area (Å²) in [6, 6.07) is 0. The third-order valence-corrected chi connectivity index (χ3v) is 4.96. The second-order valence-corrected chi connectivity index (χ2v) is 6.87. The van der Waals surface area contributed by atoms with Crippen LogP contribution in [0.15, 0.2) is 0 Å². The molecule has 0 aromatic carbocycles. The maximum Gasteiger partial charge on any atom is 0.246 e. The van der Waals surface area contributed by atoms with Crippen molar-refractivity contribution in [1.29, 1.82) is 0 Å². The van der Waals surface area contributed by atoms with Crippen LogP contribution in [0.4, 0.5) is 0 Å². The average Bonchev–Trinajstić information content (AvgIpc) is 2.24. The van der Waals surface area contributed by atoms with Crippen LogP contribution < -0.4 is 5.32 Å². The molecule has 1 N–H and O–H groups in total. The van der Waals surface area contributed by atoms with E-state index in [4.69, 9.17) is 4.74 Å². The molecule has 2 heterocycles. The van der Waals surface area contributed by atoms with E-state index >= 15 is 0 Å². The van der Waals surface area contributed by atoms with Gasteiger partial charge in [0.15, 0.2) is 0 Å². The molecular formula is C10H17NO4S. The molecule has 2 saturated heterocycles. The molecule has 16 heavy (non-hydrogen) atoms. The Balaban J connectivity index is 1.77. The predicted molar refractivity (Wildman–Crippen MR) is 58.7 cm³/mol. The fourth-order valence-corrected chi connectivity index (χ4v) is 3.82. The Morgan fingerprint density at radius 1 is 1.31 bits per heavy atom. The smallest absolute Gasteiger partial charge is 0.246 e. The summed E-state index contributed by atoms with van der Waals surface area (Å²) >= 11 is 0. The number of hydrogen-bond donors (Lipinski definition) is 1. The van der Waals surface area contributed by atoms with Crippen LogP contribution in [0.5, 0.6) is 0 Å². The first kappa shape index (κ1) is 11.9. The number of carbonyl (C=O) groups is 1. The summed E-state index contributed by atoms with van der Waals surface area (Å²) in [5, 5.41) is 2.76. The minimum Gasteiger partial charge on any atom is -0.367 e. The second kappa shape index (κ2) is 4.71. The van der Waals surface area contributed by atoms with Crippen molar-refractivity contribution in [2.24, 2.45) is 5.92 Å². The minimum absolute atomic E-state index is 0.0588. The predicted octanol–water partition coefficient (Wildman–Crippen LogP) is -0.284. The van der Waals surface area contributed by atoms with Crippen molar-refractivity contribution in [3.63, 3.8) is 0 Å². The highest BCUT2D eigenvalue weighted by Gasteiger charge is 2.27. The van der Waals surface area contributed by atoms with Crippen molar-refractivity contribution >= 4 is 15.7 Å². The SMILES string of the molecule is O=C1COC(CC2CCS(=O)(=O)CC2)CN1. The lowest BCUT2D eigenvalue weighted by atomic mass is 9.95. The molecule has 1 amide bonds. The molecule has 0 aliphatic carbocycles. The van der Waals surface area contributed by atoms with Crippen molar-refractivity contribution in [3.05, 3.63) is 0 Å². The quantitative estimate of drug-likeness (QED) is 0.728. The van der Waals surface area contributed by atoms with E-state index in [1.165, 1.54) is 0 Å². The molecular weight excluding hydrogens is 230 g/mol. The highest BCUT2D eigenvalue weighted by molar-refractivity contribution is 7.91. The van der Waals surface area contributed by atoms with Gasteiger partial charge < -0.3 is 10.1 Å². The molecule has 1 atom stereocenters. The van der Waals surface area contributed by atoms with Crippen molar-refractivity contribution < 1.29 is 17.9 Å². The van der Waals surface area contributed by atoms with E-state index in [0.717, 1.165) is 19.3 Å². The number of amides is 1. The number of nitrogens with one attached hydrogen (secondary N) is 1. The maximum atomic E-state index is 11.2. The second-order valence-electron chi connectivity index (χ2n) is 4.57. The van der Waals surface area contributed by atoms with E-state index < -0.39 is 9.84 Å². The van der Waals surface area contributed by atoms with Gasteiger partial charge in [0.2, 0.25) is 5.91 Å². The molecule has 0 radical (unpaired) electrons. The number of carbonyl (C=O) groups excluding carboxylic acids is 1. The van der Waals surface area contributed by atoms with Gasteiger partial charge in [-0.25, -0.2) is 8.42 Å². The van der Waals surface area contributed by atoms with Crippen LogP contribution in [0.1, 0.15) is 19.3 Å². The van der Waals surface area contributed by atoms with Crippen LogP contribution in [0.2, 0.25) is 0 Å². The fraction of sp³-hybridized carbons (Fsp3) is 0.900. The topological polar surface area (TPSA) is 72.5 Å². The van der Waals surface area contributed by atoms with Crippen molar-refractivity contribution in [3.8, 4) is 0 Å². The van der Waals surface area contributed by atoms with Gasteiger partial charge in [0.1, 0.15) is 16.4 Å². The summed E-state index contributed by atoms with van der Waals surface area (Å²) in [4.78, 5) is 10.9. The Kier molecular flexibility index (Phi) is 3.49. The molecule has 2 rings (SSSR count).